The van der Waals surface area contributed by atoms with Crippen LogP contribution in [0.1, 0.15) is 28.9 Å². The minimum atomic E-state index is -0.640. The van der Waals surface area contributed by atoms with Gasteiger partial charge in [-0.25, -0.2) is 4.98 Å². The molecule has 0 bridgehead atoms. The number of fused-ring (bicyclic) bond motifs is 1. The highest BCUT2D eigenvalue weighted by molar-refractivity contribution is 6.02. The number of rotatable bonds is 4. The van der Waals surface area contributed by atoms with Crippen LogP contribution in [-0.4, -0.2) is 20.6 Å². The van der Waals surface area contributed by atoms with Crippen LogP contribution in [0.2, 0.25) is 0 Å². The number of benzene rings is 2. The fraction of sp³-hybridized carbons (Fsp3) is 0.0870. The zero-order valence-corrected chi connectivity index (χ0v) is 15.7. The van der Waals surface area contributed by atoms with Crippen molar-refractivity contribution >= 4 is 16.9 Å². The molecule has 0 unspecified atom stereocenters. The number of amides is 1. The van der Waals surface area contributed by atoms with Gasteiger partial charge >= 0.3 is 0 Å². The fourth-order valence-electron chi connectivity index (χ4n) is 3.32. The first kappa shape index (κ1) is 18.4. The van der Waals surface area contributed by atoms with Crippen LogP contribution in [0, 0.1) is 0 Å². The molecule has 2 N–H and O–H groups in total. The Kier molecular flexibility index (Phi) is 4.83. The Labute approximate surface area is 167 Å². The number of carbonyl (C=O) groups is 1. The summed E-state index contributed by atoms with van der Waals surface area (Å²) in [6.45, 7) is 1.82. The number of nitrogens with one attached hydrogen (secondary N) is 1. The Morgan fingerprint density at radius 1 is 1.00 bits per heavy atom. The van der Waals surface area contributed by atoms with Crippen molar-refractivity contribution in [3.63, 3.8) is 0 Å². The van der Waals surface area contributed by atoms with Gasteiger partial charge in [-0.1, -0.05) is 48.5 Å². The minimum absolute atomic E-state index is 0.286. The van der Waals surface area contributed by atoms with Crippen molar-refractivity contribution in [3.8, 4) is 11.4 Å². The maximum Gasteiger partial charge on any atom is 0.273 e. The van der Waals surface area contributed by atoms with Crippen molar-refractivity contribution in [2.45, 2.75) is 13.0 Å². The predicted octanol–water partition coefficient (Wildman–Crippen LogP) is 3.58. The molecule has 1 amide bonds. The summed E-state index contributed by atoms with van der Waals surface area (Å²) in [6.07, 6.45) is 1.54. The molecule has 0 radical (unpaired) electrons. The van der Waals surface area contributed by atoms with E-state index < -0.39 is 11.5 Å². The lowest BCUT2D eigenvalue weighted by Gasteiger charge is -2.17. The molecule has 4 rings (SSSR count). The number of carbonyl (C=O) groups excluding carboxylic acids is 1. The van der Waals surface area contributed by atoms with Gasteiger partial charge in [-0.2, -0.15) is 0 Å². The van der Waals surface area contributed by atoms with Crippen LogP contribution in [0.3, 0.4) is 0 Å². The Hall–Kier alpha value is -3.93. The van der Waals surface area contributed by atoms with Gasteiger partial charge in [0.15, 0.2) is 5.65 Å². The highest BCUT2D eigenvalue weighted by atomic mass is 16.3. The van der Waals surface area contributed by atoms with E-state index in [4.69, 9.17) is 0 Å². The highest BCUT2D eigenvalue weighted by Gasteiger charge is 2.24. The molecule has 144 valence electrons. The molecule has 2 aromatic heterocycles. The number of aromatic hydroxyl groups is 1. The van der Waals surface area contributed by atoms with E-state index in [1.165, 1.54) is 10.8 Å². The Morgan fingerprint density at radius 2 is 1.66 bits per heavy atom. The zero-order chi connectivity index (χ0) is 20.4. The van der Waals surface area contributed by atoms with Crippen molar-refractivity contribution < 1.29 is 9.90 Å². The first-order chi connectivity index (χ1) is 14.1. The summed E-state index contributed by atoms with van der Waals surface area (Å²) in [4.78, 5) is 30.5. The van der Waals surface area contributed by atoms with Gasteiger partial charge in [0.2, 0.25) is 0 Å². The van der Waals surface area contributed by atoms with Gasteiger partial charge in [-0.3, -0.25) is 14.2 Å². The molecule has 0 aliphatic carbocycles. The van der Waals surface area contributed by atoms with E-state index in [0.717, 1.165) is 5.56 Å². The van der Waals surface area contributed by atoms with Gasteiger partial charge in [0.25, 0.3) is 11.5 Å². The third-order valence-electron chi connectivity index (χ3n) is 4.80. The molecule has 4 aromatic rings. The summed E-state index contributed by atoms with van der Waals surface area (Å²) < 4.78 is 1.34. The van der Waals surface area contributed by atoms with E-state index in [2.05, 4.69) is 10.3 Å². The number of pyridine rings is 2. The lowest BCUT2D eigenvalue weighted by Crippen LogP contribution is -2.34. The zero-order valence-electron chi connectivity index (χ0n) is 15.7. The number of hydrogen-bond donors (Lipinski definition) is 2. The smallest absolute Gasteiger partial charge is 0.273 e. The van der Waals surface area contributed by atoms with Gasteiger partial charge in [0, 0.05) is 6.20 Å². The van der Waals surface area contributed by atoms with Crippen LogP contribution in [0.25, 0.3) is 16.7 Å². The van der Waals surface area contributed by atoms with Crippen LogP contribution >= 0.6 is 0 Å². The third-order valence-corrected chi connectivity index (χ3v) is 4.80. The quantitative estimate of drug-likeness (QED) is 0.562. The third kappa shape index (κ3) is 3.36. The Balaban J connectivity index is 1.87. The average molecular weight is 385 g/mol. The fourth-order valence-corrected chi connectivity index (χ4v) is 3.32. The number of para-hydroxylation sites is 1. The number of hydrogen-bond acceptors (Lipinski definition) is 4. The Morgan fingerprint density at radius 3 is 2.34 bits per heavy atom. The second kappa shape index (κ2) is 7.59. The van der Waals surface area contributed by atoms with Crippen molar-refractivity contribution in [2.24, 2.45) is 0 Å². The monoisotopic (exact) mass is 385 g/mol. The molecule has 0 spiro atoms. The maximum absolute atomic E-state index is 13.3. The summed E-state index contributed by atoms with van der Waals surface area (Å²) in [5, 5.41) is 13.9. The number of aromatic nitrogens is 2. The summed E-state index contributed by atoms with van der Waals surface area (Å²) in [6, 6.07) is 21.3. The van der Waals surface area contributed by atoms with Gasteiger partial charge < -0.3 is 10.4 Å². The lowest BCUT2D eigenvalue weighted by atomic mass is 10.1. The minimum Gasteiger partial charge on any atom is -0.506 e. The topological polar surface area (TPSA) is 84.2 Å². The van der Waals surface area contributed by atoms with E-state index in [1.807, 2.05) is 43.3 Å². The van der Waals surface area contributed by atoms with Gasteiger partial charge in [-0.05, 0) is 36.8 Å². The van der Waals surface area contributed by atoms with Crippen LogP contribution in [0.15, 0.2) is 83.8 Å². The predicted molar refractivity (Wildman–Crippen MR) is 111 cm³/mol. The van der Waals surface area contributed by atoms with Gasteiger partial charge in [0.05, 0.1) is 17.1 Å². The second-order valence-electron chi connectivity index (χ2n) is 6.68. The molecule has 0 aliphatic heterocycles. The molecule has 0 saturated heterocycles. The molecule has 1 atom stereocenters. The molecule has 0 saturated carbocycles. The molecule has 6 heteroatoms. The van der Waals surface area contributed by atoms with E-state index in [-0.39, 0.29) is 23.0 Å². The molecule has 2 heterocycles. The van der Waals surface area contributed by atoms with Crippen LogP contribution in [0.5, 0.6) is 5.75 Å². The van der Waals surface area contributed by atoms with Crippen molar-refractivity contribution in [3.05, 3.63) is 100 Å². The summed E-state index contributed by atoms with van der Waals surface area (Å²) >= 11 is 0. The first-order valence-corrected chi connectivity index (χ1v) is 9.22. The molecular formula is C23H19N3O3. The van der Waals surface area contributed by atoms with Crippen molar-refractivity contribution in [2.75, 3.05) is 0 Å². The van der Waals surface area contributed by atoms with Crippen LogP contribution < -0.4 is 10.9 Å². The second-order valence-corrected chi connectivity index (χ2v) is 6.68. The average Bonchev–Trinajstić information content (AvgIpc) is 2.75. The molecule has 6 nitrogen and oxygen atoms in total. The SMILES string of the molecule is C[C@@H](NC(=O)c1c(O)c2cccnc2n(-c2ccccc2)c1=O)c1ccccc1. The van der Waals surface area contributed by atoms with Gasteiger partial charge in [0.1, 0.15) is 11.3 Å². The van der Waals surface area contributed by atoms with Gasteiger partial charge in [-0.15, -0.1) is 0 Å². The lowest BCUT2D eigenvalue weighted by molar-refractivity contribution is 0.0935. The van der Waals surface area contributed by atoms with Crippen molar-refractivity contribution in [1.29, 1.82) is 0 Å². The van der Waals surface area contributed by atoms with E-state index in [9.17, 15) is 14.7 Å². The molecule has 0 fully saturated rings. The van der Waals surface area contributed by atoms with E-state index in [1.54, 1.807) is 36.4 Å². The van der Waals surface area contributed by atoms with E-state index in [0.29, 0.717) is 11.1 Å². The maximum atomic E-state index is 13.3. The summed E-state index contributed by atoms with van der Waals surface area (Å²) in [5.41, 5.74) is 0.807. The van der Waals surface area contributed by atoms with Crippen molar-refractivity contribution in [1.82, 2.24) is 14.9 Å². The standard InChI is InChI=1S/C23H19N3O3/c1-15(16-9-4-2-5-10-16)25-22(28)19-20(27)18-13-8-14-24-21(18)26(23(19)29)17-11-6-3-7-12-17/h2-15,27H,1H3,(H,25,28)/t15-/m1/s1. The molecule has 2 aromatic carbocycles. The number of nitrogens with zero attached hydrogens (tertiary/aromatic N) is 2. The summed E-state index contributed by atoms with van der Waals surface area (Å²) in [7, 11) is 0. The first-order valence-electron chi connectivity index (χ1n) is 9.22. The summed E-state index contributed by atoms with van der Waals surface area (Å²) in [5.74, 6) is -1.01. The Bertz CT molecular complexity index is 1230. The van der Waals surface area contributed by atoms with Crippen LogP contribution in [-0.2, 0) is 0 Å². The molecule has 29 heavy (non-hydrogen) atoms. The normalized spacial score (nSPS) is 11.9. The largest absolute Gasteiger partial charge is 0.506 e. The van der Waals surface area contributed by atoms with Crippen LogP contribution in [0.4, 0.5) is 0 Å². The molecular weight excluding hydrogens is 366 g/mol. The highest BCUT2D eigenvalue weighted by Crippen LogP contribution is 2.27. The van der Waals surface area contributed by atoms with E-state index >= 15 is 0 Å². The molecule has 0 aliphatic rings.